The number of ether oxygens (including phenoxy) is 1. The fourth-order valence-electron chi connectivity index (χ4n) is 3.83. The summed E-state index contributed by atoms with van der Waals surface area (Å²) in [5.41, 5.74) is 7.60. The number of anilines is 1. The second-order valence-electron chi connectivity index (χ2n) is 7.21. The van der Waals surface area contributed by atoms with Gasteiger partial charge in [0.05, 0.1) is 23.8 Å². The van der Waals surface area contributed by atoms with Crippen molar-refractivity contribution in [3.63, 3.8) is 0 Å². The minimum absolute atomic E-state index is 0. The molecule has 2 aromatic carbocycles. The SMILES string of the molecule is COc1cc([N+](=O)[O-])ccc1NC(=O)CCN1C[C@@H](CN)[C@H](c2ccccc2)C1.Cl. The number of nitro benzene ring substituents is 1. The predicted molar refractivity (Wildman–Crippen MR) is 118 cm³/mol. The summed E-state index contributed by atoms with van der Waals surface area (Å²) < 4.78 is 5.16. The minimum Gasteiger partial charge on any atom is -0.494 e. The van der Waals surface area contributed by atoms with Crippen molar-refractivity contribution in [3.8, 4) is 5.75 Å². The summed E-state index contributed by atoms with van der Waals surface area (Å²) in [4.78, 5) is 25.1. The van der Waals surface area contributed by atoms with Crippen LogP contribution in [0.25, 0.3) is 0 Å². The molecule has 0 bridgehead atoms. The molecule has 3 N–H and O–H groups in total. The molecule has 162 valence electrons. The van der Waals surface area contributed by atoms with E-state index in [0.29, 0.717) is 37.0 Å². The van der Waals surface area contributed by atoms with Crippen molar-refractivity contribution in [3.05, 3.63) is 64.2 Å². The molecule has 0 radical (unpaired) electrons. The van der Waals surface area contributed by atoms with E-state index in [1.165, 1.54) is 30.9 Å². The molecule has 1 saturated heterocycles. The second-order valence-corrected chi connectivity index (χ2v) is 7.21. The zero-order chi connectivity index (χ0) is 20.8. The van der Waals surface area contributed by atoms with Gasteiger partial charge in [0.1, 0.15) is 5.75 Å². The Morgan fingerprint density at radius 1 is 1.27 bits per heavy atom. The molecule has 0 saturated carbocycles. The van der Waals surface area contributed by atoms with Crippen LogP contribution in [-0.2, 0) is 4.79 Å². The summed E-state index contributed by atoms with van der Waals surface area (Å²) in [6.45, 7) is 2.98. The first-order valence-corrected chi connectivity index (χ1v) is 9.61. The highest BCUT2D eigenvalue weighted by Gasteiger charge is 2.32. The van der Waals surface area contributed by atoms with Crippen LogP contribution in [0.15, 0.2) is 48.5 Å². The number of methoxy groups -OCH3 is 1. The largest absolute Gasteiger partial charge is 0.494 e. The van der Waals surface area contributed by atoms with Gasteiger partial charge in [0.25, 0.3) is 5.69 Å². The first-order valence-electron chi connectivity index (χ1n) is 9.61. The molecule has 1 fully saturated rings. The van der Waals surface area contributed by atoms with Gasteiger partial charge < -0.3 is 20.7 Å². The van der Waals surface area contributed by atoms with Crippen LogP contribution in [0.3, 0.4) is 0 Å². The summed E-state index contributed by atoms with van der Waals surface area (Å²) >= 11 is 0. The molecule has 1 amide bonds. The maximum Gasteiger partial charge on any atom is 0.273 e. The van der Waals surface area contributed by atoms with E-state index < -0.39 is 4.92 Å². The Hall–Kier alpha value is -2.68. The molecule has 2 aromatic rings. The Kier molecular flexibility index (Phi) is 8.58. The topological polar surface area (TPSA) is 111 Å². The molecule has 1 aliphatic heterocycles. The predicted octanol–water partition coefficient (Wildman–Crippen LogP) is 3.03. The zero-order valence-corrected chi connectivity index (χ0v) is 17.6. The van der Waals surface area contributed by atoms with Gasteiger partial charge in [0.15, 0.2) is 0 Å². The molecule has 0 spiro atoms. The summed E-state index contributed by atoms with van der Waals surface area (Å²) in [5, 5.41) is 13.7. The van der Waals surface area contributed by atoms with E-state index in [4.69, 9.17) is 10.5 Å². The molecule has 30 heavy (non-hydrogen) atoms. The smallest absolute Gasteiger partial charge is 0.273 e. The van der Waals surface area contributed by atoms with E-state index in [-0.39, 0.29) is 29.8 Å². The van der Waals surface area contributed by atoms with Gasteiger partial charge in [-0.25, -0.2) is 0 Å². The molecule has 0 aliphatic carbocycles. The molecule has 0 aromatic heterocycles. The number of likely N-dealkylation sites (tertiary alicyclic amines) is 1. The van der Waals surface area contributed by atoms with Gasteiger partial charge in [-0.05, 0) is 24.1 Å². The Labute approximate surface area is 181 Å². The third-order valence-electron chi connectivity index (χ3n) is 5.37. The lowest BCUT2D eigenvalue weighted by Crippen LogP contribution is -2.27. The Bertz CT molecular complexity index is 865. The average Bonchev–Trinajstić information content (AvgIpc) is 3.16. The van der Waals surface area contributed by atoms with E-state index >= 15 is 0 Å². The van der Waals surface area contributed by atoms with Gasteiger partial charge >= 0.3 is 0 Å². The number of halogens is 1. The van der Waals surface area contributed by atoms with Gasteiger partial charge in [-0.3, -0.25) is 14.9 Å². The van der Waals surface area contributed by atoms with Crippen LogP contribution in [0.2, 0.25) is 0 Å². The van der Waals surface area contributed by atoms with E-state index in [0.717, 1.165) is 13.1 Å². The molecule has 1 aliphatic rings. The Balaban J connectivity index is 0.00000320. The van der Waals surface area contributed by atoms with Crippen molar-refractivity contribution in [1.82, 2.24) is 4.90 Å². The quantitative estimate of drug-likeness (QED) is 0.488. The van der Waals surface area contributed by atoms with Crippen LogP contribution < -0.4 is 15.8 Å². The number of nitrogens with zero attached hydrogens (tertiary/aromatic N) is 2. The average molecular weight is 435 g/mol. The van der Waals surface area contributed by atoms with Crippen molar-refractivity contribution in [1.29, 1.82) is 0 Å². The molecular weight excluding hydrogens is 408 g/mol. The van der Waals surface area contributed by atoms with E-state index in [2.05, 4.69) is 22.3 Å². The highest BCUT2D eigenvalue weighted by molar-refractivity contribution is 5.92. The van der Waals surface area contributed by atoms with E-state index in [9.17, 15) is 14.9 Å². The maximum atomic E-state index is 12.4. The van der Waals surface area contributed by atoms with Gasteiger partial charge in [0.2, 0.25) is 5.91 Å². The van der Waals surface area contributed by atoms with Gasteiger partial charge in [-0.2, -0.15) is 0 Å². The first-order chi connectivity index (χ1) is 14.0. The molecule has 3 rings (SSSR count). The van der Waals surface area contributed by atoms with E-state index in [1.54, 1.807) is 0 Å². The fraction of sp³-hybridized carbons (Fsp3) is 0.381. The van der Waals surface area contributed by atoms with Crippen LogP contribution in [-0.4, -0.2) is 49.0 Å². The minimum atomic E-state index is -0.501. The number of hydrogen-bond donors (Lipinski definition) is 2. The van der Waals surface area contributed by atoms with Crippen LogP contribution in [0.1, 0.15) is 17.9 Å². The van der Waals surface area contributed by atoms with Gasteiger partial charge in [0, 0.05) is 38.0 Å². The highest BCUT2D eigenvalue weighted by atomic mass is 35.5. The monoisotopic (exact) mass is 434 g/mol. The first kappa shape index (κ1) is 23.6. The fourth-order valence-corrected chi connectivity index (χ4v) is 3.83. The maximum absolute atomic E-state index is 12.4. The van der Waals surface area contributed by atoms with Gasteiger partial charge in [-0.15, -0.1) is 12.4 Å². The molecule has 0 unspecified atom stereocenters. The highest BCUT2D eigenvalue weighted by Crippen LogP contribution is 2.32. The van der Waals surface area contributed by atoms with Crippen LogP contribution >= 0.6 is 12.4 Å². The standard InChI is InChI=1S/C21H26N4O4.ClH/c1-29-20-11-17(25(27)28)7-8-19(20)23-21(26)9-10-24-13-16(12-22)18(14-24)15-5-3-2-4-6-15;/h2-8,11,16,18H,9-10,12-14,22H2,1H3,(H,23,26);1H/t16-,18+;/m1./s1. The number of non-ortho nitro benzene ring substituents is 1. The van der Waals surface area contributed by atoms with Crippen LogP contribution in [0, 0.1) is 16.0 Å². The van der Waals surface area contributed by atoms with Crippen molar-refractivity contribution in [2.24, 2.45) is 11.7 Å². The van der Waals surface area contributed by atoms with Crippen molar-refractivity contribution >= 4 is 29.7 Å². The molecule has 9 heteroatoms. The number of nitro groups is 1. The number of hydrogen-bond acceptors (Lipinski definition) is 6. The van der Waals surface area contributed by atoms with Crippen molar-refractivity contribution < 1.29 is 14.5 Å². The summed E-state index contributed by atoms with van der Waals surface area (Å²) in [6, 6.07) is 14.5. The third-order valence-corrected chi connectivity index (χ3v) is 5.37. The number of nitrogens with two attached hydrogens (primary N) is 1. The van der Waals surface area contributed by atoms with Crippen molar-refractivity contribution in [2.75, 3.05) is 38.6 Å². The summed E-state index contributed by atoms with van der Waals surface area (Å²) in [5.74, 6) is 0.847. The Morgan fingerprint density at radius 3 is 2.63 bits per heavy atom. The molecular formula is C21H27ClN4O4. The van der Waals surface area contributed by atoms with Crippen LogP contribution in [0.5, 0.6) is 5.75 Å². The number of carbonyl (C=O) groups excluding carboxylic acids is 1. The molecule has 2 atom stereocenters. The third kappa shape index (κ3) is 5.69. The molecule has 1 heterocycles. The number of nitrogens with one attached hydrogen (secondary N) is 1. The summed E-state index contributed by atoms with van der Waals surface area (Å²) in [7, 11) is 1.41. The molecule has 8 nitrogen and oxygen atoms in total. The number of rotatable bonds is 8. The number of amides is 1. The lowest BCUT2D eigenvalue weighted by atomic mass is 9.89. The van der Waals surface area contributed by atoms with Gasteiger partial charge in [-0.1, -0.05) is 30.3 Å². The normalized spacial score (nSPS) is 18.5. The second kappa shape index (κ2) is 10.9. The Morgan fingerprint density at radius 2 is 2.00 bits per heavy atom. The van der Waals surface area contributed by atoms with Crippen molar-refractivity contribution in [2.45, 2.75) is 12.3 Å². The number of benzene rings is 2. The van der Waals surface area contributed by atoms with Crippen LogP contribution in [0.4, 0.5) is 11.4 Å². The lowest BCUT2D eigenvalue weighted by Gasteiger charge is -2.17. The van der Waals surface area contributed by atoms with E-state index in [1.807, 2.05) is 18.2 Å². The lowest BCUT2D eigenvalue weighted by molar-refractivity contribution is -0.384. The zero-order valence-electron chi connectivity index (χ0n) is 16.8. The number of carbonyl (C=O) groups is 1. The summed E-state index contributed by atoms with van der Waals surface area (Å²) in [6.07, 6.45) is 0.318.